The van der Waals surface area contributed by atoms with E-state index in [1.807, 2.05) is 0 Å². The summed E-state index contributed by atoms with van der Waals surface area (Å²) in [6.45, 7) is 0. The summed E-state index contributed by atoms with van der Waals surface area (Å²) in [4.78, 5) is 26.4. The summed E-state index contributed by atoms with van der Waals surface area (Å²) in [5.41, 5.74) is 0.751. The van der Waals surface area contributed by atoms with Crippen molar-refractivity contribution in [3.05, 3.63) is 62.0 Å². The minimum Gasteiger partial charge on any atom is -0.319 e. The van der Waals surface area contributed by atoms with Crippen molar-refractivity contribution in [1.29, 1.82) is 0 Å². The van der Waals surface area contributed by atoms with Gasteiger partial charge in [-0.15, -0.1) is 0 Å². The molecule has 23 heavy (non-hydrogen) atoms. The molecule has 0 spiro atoms. The van der Waals surface area contributed by atoms with E-state index in [1.165, 1.54) is 28.8 Å². The van der Waals surface area contributed by atoms with E-state index in [4.69, 9.17) is 11.6 Å². The number of halogens is 2. The molecule has 0 saturated carbocycles. The summed E-state index contributed by atoms with van der Waals surface area (Å²) < 4.78 is 2.18. The third kappa shape index (κ3) is 3.15. The molecule has 2 heterocycles. The molecule has 0 bridgehead atoms. The Bertz CT molecular complexity index is 943. The van der Waals surface area contributed by atoms with Gasteiger partial charge in [-0.25, -0.2) is 9.50 Å². The molecule has 8 nitrogen and oxygen atoms in total. The average Bonchev–Trinajstić information content (AvgIpc) is 2.92. The second-order valence-electron chi connectivity index (χ2n) is 4.48. The number of aromatic nitrogens is 3. The van der Waals surface area contributed by atoms with E-state index in [0.717, 1.165) is 4.47 Å². The molecular formula is C13H7BrClN5O3. The SMILES string of the molecule is O=C(Nc1ccc([N+](=O)[O-])cc1Cl)c1cc2ncc(Br)cn2n1. The number of rotatable bonds is 3. The molecule has 0 aliphatic heterocycles. The largest absolute Gasteiger partial charge is 0.319 e. The standard InChI is InChI=1S/C13H7BrClN5O3/c14-7-5-16-12-4-11(18-19(12)6-7)13(21)17-10-2-1-8(20(22)23)3-9(10)15/h1-6H,(H,17,21). The van der Waals surface area contributed by atoms with Crippen LogP contribution in [0.15, 0.2) is 41.1 Å². The lowest BCUT2D eigenvalue weighted by Gasteiger charge is -2.05. The van der Waals surface area contributed by atoms with Gasteiger partial charge >= 0.3 is 0 Å². The van der Waals surface area contributed by atoms with E-state index < -0.39 is 10.8 Å². The van der Waals surface area contributed by atoms with Gasteiger partial charge in [0.05, 0.1) is 20.1 Å². The maximum Gasteiger partial charge on any atom is 0.276 e. The molecule has 0 atom stereocenters. The lowest BCUT2D eigenvalue weighted by molar-refractivity contribution is -0.384. The number of carbonyl (C=O) groups excluding carboxylic acids is 1. The van der Waals surface area contributed by atoms with Crippen molar-refractivity contribution in [3.8, 4) is 0 Å². The molecule has 0 aliphatic carbocycles. The van der Waals surface area contributed by atoms with Crippen LogP contribution in [-0.4, -0.2) is 25.4 Å². The number of hydrogen-bond acceptors (Lipinski definition) is 5. The van der Waals surface area contributed by atoms with Crippen LogP contribution in [0.25, 0.3) is 5.65 Å². The van der Waals surface area contributed by atoms with E-state index in [1.54, 1.807) is 12.4 Å². The van der Waals surface area contributed by atoms with E-state index in [9.17, 15) is 14.9 Å². The molecule has 10 heteroatoms. The van der Waals surface area contributed by atoms with Crippen LogP contribution in [0.1, 0.15) is 10.5 Å². The number of carbonyl (C=O) groups is 1. The first-order chi connectivity index (χ1) is 10.9. The van der Waals surface area contributed by atoms with Crippen LogP contribution in [0.2, 0.25) is 5.02 Å². The number of nitro benzene ring substituents is 1. The molecular weight excluding hydrogens is 390 g/mol. The van der Waals surface area contributed by atoms with E-state index in [2.05, 4.69) is 31.3 Å². The van der Waals surface area contributed by atoms with E-state index >= 15 is 0 Å². The number of fused-ring (bicyclic) bond motifs is 1. The summed E-state index contributed by atoms with van der Waals surface area (Å²) in [5.74, 6) is -0.498. The summed E-state index contributed by atoms with van der Waals surface area (Å²) >= 11 is 9.21. The maximum absolute atomic E-state index is 12.2. The van der Waals surface area contributed by atoms with Crippen molar-refractivity contribution in [3.63, 3.8) is 0 Å². The van der Waals surface area contributed by atoms with Gasteiger partial charge in [-0.3, -0.25) is 14.9 Å². The number of non-ortho nitro benzene ring substituents is 1. The van der Waals surface area contributed by atoms with Gasteiger partial charge in [0.1, 0.15) is 0 Å². The third-order valence-corrected chi connectivity index (χ3v) is 3.65. The maximum atomic E-state index is 12.2. The Morgan fingerprint density at radius 1 is 1.39 bits per heavy atom. The molecule has 0 radical (unpaired) electrons. The molecule has 116 valence electrons. The van der Waals surface area contributed by atoms with Crippen LogP contribution in [0.5, 0.6) is 0 Å². The van der Waals surface area contributed by atoms with Gasteiger partial charge in [0.15, 0.2) is 11.3 Å². The summed E-state index contributed by atoms with van der Waals surface area (Å²) in [5, 5.41) is 17.4. The van der Waals surface area contributed by atoms with Gasteiger partial charge in [-0.1, -0.05) is 11.6 Å². The Hall–Kier alpha value is -2.52. The van der Waals surface area contributed by atoms with Crippen molar-refractivity contribution in [1.82, 2.24) is 14.6 Å². The Kier molecular flexibility index (Phi) is 3.97. The van der Waals surface area contributed by atoms with Gasteiger partial charge in [0.25, 0.3) is 11.6 Å². The smallest absolute Gasteiger partial charge is 0.276 e. The molecule has 1 aromatic carbocycles. The number of nitro groups is 1. The highest BCUT2D eigenvalue weighted by Crippen LogP contribution is 2.27. The van der Waals surface area contributed by atoms with Gasteiger partial charge in [-0.05, 0) is 22.0 Å². The first-order valence-electron chi connectivity index (χ1n) is 6.20. The average molecular weight is 397 g/mol. The molecule has 3 aromatic rings. The number of nitrogens with zero attached hydrogens (tertiary/aromatic N) is 4. The highest BCUT2D eigenvalue weighted by atomic mass is 79.9. The minimum absolute atomic E-state index is 0.0668. The molecule has 1 amide bonds. The van der Waals surface area contributed by atoms with Crippen LogP contribution in [0, 0.1) is 10.1 Å². The number of benzene rings is 1. The quantitative estimate of drug-likeness (QED) is 0.540. The van der Waals surface area contributed by atoms with Crippen molar-refractivity contribution in [2.45, 2.75) is 0 Å². The van der Waals surface area contributed by atoms with Gasteiger partial charge in [0, 0.05) is 30.6 Å². The second kappa shape index (κ2) is 5.94. The highest BCUT2D eigenvalue weighted by molar-refractivity contribution is 9.10. The zero-order valence-corrected chi connectivity index (χ0v) is 13.6. The Morgan fingerprint density at radius 3 is 2.87 bits per heavy atom. The van der Waals surface area contributed by atoms with Gasteiger partial charge < -0.3 is 5.32 Å². The number of anilines is 1. The third-order valence-electron chi connectivity index (χ3n) is 2.93. The Labute approximate surface area is 142 Å². The van der Waals surface area contributed by atoms with E-state index in [-0.39, 0.29) is 22.1 Å². The van der Waals surface area contributed by atoms with Crippen LogP contribution < -0.4 is 5.32 Å². The topological polar surface area (TPSA) is 102 Å². The fraction of sp³-hybridized carbons (Fsp3) is 0. The molecule has 2 aromatic heterocycles. The second-order valence-corrected chi connectivity index (χ2v) is 5.80. The predicted molar refractivity (Wildman–Crippen MR) is 86.7 cm³/mol. The summed E-state index contributed by atoms with van der Waals surface area (Å²) in [6, 6.07) is 5.30. The predicted octanol–water partition coefficient (Wildman–Crippen LogP) is 3.31. The molecule has 0 fully saturated rings. The zero-order valence-electron chi connectivity index (χ0n) is 11.2. The Morgan fingerprint density at radius 2 is 2.17 bits per heavy atom. The van der Waals surface area contributed by atoms with Crippen molar-refractivity contribution >= 4 is 50.5 Å². The number of nitrogens with one attached hydrogen (secondary N) is 1. The molecule has 1 N–H and O–H groups in total. The Balaban J connectivity index is 1.87. The van der Waals surface area contributed by atoms with Crippen molar-refractivity contribution < 1.29 is 9.72 Å². The van der Waals surface area contributed by atoms with Crippen LogP contribution in [0.4, 0.5) is 11.4 Å². The fourth-order valence-electron chi connectivity index (χ4n) is 1.87. The van der Waals surface area contributed by atoms with Gasteiger partial charge in [0.2, 0.25) is 0 Å². The lowest BCUT2D eigenvalue weighted by atomic mass is 10.2. The van der Waals surface area contributed by atoms with Crippen LogP contribution >= 0.6 is 27.5 Å². The first kappa shape index (κ1) is 15.4. The molecule has 3 rings (SSSR count). The minimum atomic E-state index is -0.566. The van der Waals surface area contributed by atoms with Crippen LogP contribution in [0.3, 0.4) is 0 Å². The zero-order chi connectivity index (χ0) is 16.6. The normalized spacial score (nSPS) is 10.7. The number of hydrogen-bond donors (Lipinski definition) is 1. The summed E-state index contributed by atoms with van der Waals surface area (Å²) in [6.07, 6.45) is 3.25. The number of amides is 1. The lowest BCUT2D eigenvalue weighted by Crippen LogP contribution is -2.13. The van der Waals surface area contributed by atoms with E-state index in [0.29, 0.717) is 5.65 Å². The monoisotopic (exact) mass is 395 g/mol. The fourth-order valence-corrected chi connectivity index (χ4v) is 2.39. The van der Waals surface area contributed by atoms with Crippen molar-refractivity contribution in [2.24, 2.45) is 0 Å². The summed E-state index contributed by atoms with van der Waals surface area (Å²) in [7, 11) is 0. The molecule has 0 saturated heterocycles. The van der Waals surface area contributed by atoms with Gasteiger partial charge in [-0.2, -0.15) is 5.10 Å². The first-order valence-corrected chi connectivity index (χ1v) is 7.37. The van der Waals surface area contributed by atoms with Crippen molar-refractivity contribution in [2.75, 3.05) is 5.32 Å². The van der Waals surface area contributed by atoms with Crippen LogP contribution in [-0.2, 0) is 0 Å². The molecule has 0 aliphatic rings. The highest BCUT2D eigenvalue weighted by Gasteiger charge is 2.15. The molecule has 0 unspecified atom stereocenters.